The molecule has 0 spiro atoms. The van der Waals surface area contributed by atoms with Gasteiger partial charge in [-0.1, -0.05) is 29.8 Å². The van der Waals surface area contributed by atoms with E-state index >= 15 is 0 Å². The van der Waals surface area contributed by atoms with E-state index < -0.39 is 5.97 Å². The molecule has 0 fully saturated rings. The molecule has 0 bridgehead atoms. The molecule has 23 heavy (non-hydrogen) atoms. The highest BCUT2D eigenvalue weighted by molar-refractivity contribution is 6.32. The van der Waals surface area contributed by atoms with Crippen molar-refractivity contribution in [3.63, 3.8) is 0 Å². The second kappa shape index (κ2) is 8.41. The van der Waals surface area contributed by atoms with Gasteiger partial charge in [0.25, 0.3) is 0 Å². The molecule has 0 heterocycles. The average molecular weight is 335 g/mol. The Balaban J connectivity index is 2.08. The van der Waals surface area contributed by atoms with E-state index in [2.05, 4.69) is 10.9 Å². The van der Waals surface area contributed by atoms with Crippen LogP contribution in [0.4, 0.5) is 5.69 Å². The molecule has 0 saturated heterocycles. The van der Waals surface area contributed by atoms with Crippen LogP contribution >= 0.6 is 11.6 Å². The number of esters is 1. The lowest BCUT2D eigenvalue weighted by Gasteiger charge is -2.14. The molecule has 2 rings (SSSR count). The minimum atomic E-state index is -0.440. The monoisotopic (exact) mass is 334 g/mol. The van der Waals surface area contributed by atoms with E-state index in [0.29, 0.717) is 23.9 Å². The van der Waals surface area contributed by atoms with Crippen molar-refractivity contribution in [2.45, 2.75) is 20.4 Å². The Labute approximate surface area is 140 Å². The summed E-state index contributed by atoms with van der Waals surface area (Å²) in [5.74, 6) is 0.261. The molecule has 0 unspecified atom stereocenters. The number of hydrogen-bond acceptors (Lipinski definition) is 5. The third-order valence-corrected chi connectivity index (χ3v) is 3.19. The number of carbonyl (C=O) groups is 1. The highest BCUT2D eigenvalue weighted by Crippen LogP contribution is 2.36. The number of ether oxygens (including phenoxy) is 2. The minimum Gasteiger partial charge on any atom is -0.490 e. The van der Waals surface area contributed by atoms with Gasteiger partial charge >= 0.3 is 5.97 Å². The number of hydrazine groups is 1. The van der Waals surface area contributed by atoms with E-state index in [4.69, 9.17) is 21.1 Å². The zero-order chi connectivity index (χ0) is 16.7. The second-order valence-electron chi connectivity index (χ2n) is 4.78. The Kier molecular flexibility index (Phi) is 6.26. The first-order chi connectivity index (χ1) is 11.1. The molecule has 2 N–H and O–H groups in total. The topological polar surface area (TPSA) is 59.6 Å². The summed E-state index contributed by atoms with van der Waals surface area (Å²) in [6.45, 7) is 4.15. The summed E-state index contributed by atoms with van der Waals surface area (Å²) in [5, 5.41) is 0.336. The maximum Gasteiger partial charge on any atom is 0.308 e. The van der Waals surface area contributed by atoms with Gasteiger partial charge in [0.2, 0.25) is 0 Å². The van der Waals surface area contributed by atoms with Crippen molar-refractivity contribution in [2.24, 2.45) is 0 Å². The molecule has 0 radical (unpaired) electrons. The average Bonchev–Trinajstić information content (AvgIpc) is 2.52. The minimum absolute atomic E-state index is 0.251. The van der Waals surface area contributed by atoms with Crippen LogP contribution in [0.5, 0.6) is 11.5 Å². The van der Waals surface area contributed by atoms with Crippen LogP contribution in [0.25, 0.3) is 0 Å². The molecule has 0 saturated carbocycles. The highest BCUT2D eigenvalue weighted by Gasteiger charge is 2.14. The summed E-state index contributed by atoms with van der Waals surface area (Å²) >= 11 is 6.20. The number of nitrogens with one attached hydrogen (secondary N) is 2. The summed E-state index contributed by atoms with van der Waals surface area (Å²) in [6.07, 6.45) is 0. The van der Waals surface area contributed by atoms with Gasteiger partial charge in [0, 0.05) is 19.2 Å². The number of anilines is 1. The number of halogens is 1. The Morgan fingerprint density at radius 2 is 1.96 bits per heavy atom. The molecule has 0 aromatic heterocycles. The van der Waals surface area contributed by atoms with Crippen molar-refractivity contribution >= 4 is 23.3 Å². The first-order valence-corrected chi connectivity index (χ1v) is 7.65. The van der Waals surface area contributed by atoms with Crippen LogP contribution in [-0.4, -0.2) is 12.6 Å². The maximum absolute atomic E-state index is 11.2. The zero-order valence-electron chi connectivity index (χ0n) is 13.1. The van der Waals surface area contributed by atoms with Gasteiger partial charge in [-0.2, -0.15) is 0 Å². The number of rotatable bonds is 7. The van der Waals surface area contributed by atoms with Gasteiger partial charge < -0.3 is 14.9 Å². The van der Waals surface area contributed by atoms with Crippen molar-refractivity contribution in [1.29, 1.82) is 0 Å². The summed E-state index contributed by atoms with van der Waals surface area (Å²) in [6, 6.07) is 13.3. The van der Waals surface area contributed by atoms with Crippen LogP contribution in [0.15, 0.2) is 42.5 Å². The molecule has 0 atom stereocenters. The second-order valence-corrected chi connectivity index (χ2v) is 5.18. The van der Waals surface area contributed by atoms with Crippen LogP contribution in [0.1, 0.15) is 19.4 Å². The quantitative estimate of drug-likeness (QED) is 0.458. The predicted octanol–water partition coefficient (Wildman–Crippen LogP) is 3.78. The highest BCUT2D eigenvalue weighted by atomic mass is 35.5. The van der Waals surface area contributed by atoms with Gasteiger partial charge in [-0.15, -0.1) is 0 Å². The van der Waals surface area contributed by atoms with Crippen molar-refractivity contribution in [3.05, 3.63) is 53.1 Å². The molecule has 0 aliphatic carbocycles. The third kappa shape index (κ3) is 5.16. The molecule has 6 heteroatoms. The lowest BCUT2D eigenvalue weighted by Crippen LogP contribution is -2.20. The first kappa shape index (κ1) is 17.1. The lowest BCUT2D eigenvalue weighted by atomic mass is 10.2. The van der Waals surface area contributed by atoms with Gasteiger partial charge in [0.1, 0.15) is 0 Å². The van der Waals surface area contributed by atoms with E-state index in [0.717, 1.165) is 11.3 Å². The fourth-order valence-corrected chi connectivity index (χ4v) is 2.27. The number of hydrogen-bond donors (Lipinski definition) is 2. The first-order valence-electron chi connectivity index (χ1n) is 7.27. The Morgan fingerprint density at radius 3 is 2.61 bits per heavy atom. The van der Waals surface area contributed by atoms with Crippen LogP contribution < -0.4 is 20.3 Å². The van der Waals surface area contributed by atoms with Crippen molar-refractivity contribution in [1.82, 2.24) is 5.43 Å². The summed E-state index contributed by atoms with van der Waals surface area (Å²) in [5.41, 5.74) is 8.05. The van der Waals surface area contributed by atoms with Crippen LogP contribution in [0, 0.1) is 0 Å². The molecular formula is C17H19ClN2O3. The smallest absolute Gasteiger partial charge is 0.308 e. The Bertz CT molecular complexity index is 662. The normalized spacial score (nSPS) is 10.2. The molecule has 0 aliphatic heterocycles. The largest absolute Gasteiger partial charge is 0.490 e. The lowest BCUT2D eigenvalue weighted by molar-refractivity contribution is -0.132. The Morgan fingerprint density at radius 1 is 1.22 bits per heavy atom. The number of benzene rings is 2. The maximum atomic E-state index is 11.2. The number of para-hydroxylation sites is 1. The molecule has 2 aromatic carbocycles. The predicted molar refractivity (Wildman–Crippen MR) is 90.8 cm³/mol. The standard InChI is InChI=1S/C17H19ClN2O3/c1-3-22-16-10-13(9-15(18)17(16)23-12(2)21)11-19-20-14-7-5-4-6-8-14/h4-10,19-20H,3,11H2,1-2H3. The molecule has 0 aliphatic rings. The summed E-state index contributed by atoms with van der Waals surface area (Å²) in [7, 11) is 0. The third-order valence-electron chi connectivity index (χ3n) is 2.91. The molecule has 5 nitrogen and oxygen atoms in total. The Hall–Kier alpha value is -2.24. The van der Waals surface area contributed by atoms with Gasteiger partial charge in [-0.3, -0.25) is 4.79 Å². The molecule has 0 amide bonds. The van der Waals surface area contributed by atoms with Gasteiger partial charge in [0.05, 0.1) is 11.6 Å². The summed E-state index contributed by atoms with van der Waals surface area (Å²) < 4.78 is 10.6. The zero-order valence-corrected chi connectivity index (χ0v) is 13.8. The molecular weight excluding hydrogens is 316 g/mol. The van der Waals surface area contributed by atoms with Gasteiger partial charge in [0.15, 0.2) is 11.5 Å². The van der Waals surface area contributed by atoms with Crippen LogP contribution in [0.2, 0.25) is 5.02 Å². The SMILES string of the molecule is CCOc1cc(CNNc2ccccc2)cc(Cl)c1OC(C)=O. The molecule has 122 valence electrons. The van der Waals surface area contributed by atoms with Crippen LogP contribution in [0.3, 0.4) is 0 Å². The fourth-order valence-electron chi connectivity index (χ4n) is 2.00. The van der Waals surface area contributed by atoms with E-state index in [1.807, 2.05) is 37.3 Å². The summed E-state index contributed by atoms with van der Waals surface area (Å²) in [4.78, 5) is 11.2. The van der Waals surface area contributed by atoms with Crippen molar-refractivity contribution in [3.8, 4) is 11.5 Å². The van der Waals surface area contributed by atoms with E-state index in [9.17, 15) is 4.79 Å². The van der Waals surface area contributed by atoms with Crippen molar-refractivity contribution < 1.29 is 14.3 Å². The number of carbonyl (C=O) groups excluding carboxylic acids is 1. The van der Waals surface area contributed by atoms with E-state index in [-0.39, 0.29) is 5.75 Å². The van der Waals surface area contributed by atoms with Crippen LogP contribution in [-0.2, 0) is 11.3 Å². The van der Waals surface area contributed by atoms with Crippen molar-refractivity contribution in [2.75, 3.05) is 12.0 Å². The fraction of sp³-hybridized carbons (Fsp3) is 0.235. The molecule has 2 aromatic rings. The van der Waals surface area contributed by atoms with E-state index in [1.54, 1.807) is 12.1 Å². The van der Waals surface area contributed by atoms with E-state index in [1.165, 1.54) is 6.92 Å². The van der Waals surface area contributed by atoms with Gasteiger partial charge in [-0.25, -0.2) is 5.43 Å². The van der Waals surface area contributed by atoms with Gasteiger partial charge in [-0.05, 0) is 36.8 Å².